The van der Waals surface area contributed by atoms with Crippen LogP contribution in [0.25, 0.3) is 5.57 Å². The Morgan fingerprint density at radius 1 is 1.57 bits per heavy atom. The van der Waals surface area contributed by atoms with Crippen LogP contribution in [-0.4, -0.2) is 12.0 Å². The molecule has 1 aromatic heterocycles. The number of hydrogen-bond acceptors (Lipinski definition) is 2. The molecule has 0 bridgehead atoms. The molecule has 1 rings (SSSR count). The van der Waals surface area contributed by atoms with Gasteiger partial charge in [-0.15, -0.1) is 0 Å². The Bertz CT molecular complexity index is 312. The van der Waals surface area contributed by atoms with Crippen LogP contribution >= 0.6 is 0 Å². The van der Waals surface area contributed by atoms with Crippen molar-refractivity contribution in [3.8, 4) is 0 Å². The highest BCUT2D eigenvalue weighted by Gasteiger charge is 1.95. The summed E-state index contributed by atoms with van der Waals surface area (Å²) in [5.41, 5.74) is 2.36. The first-order valence-corrected chi connectivity index (χ1v) is 4.83. The molecule has 0 radical (unpaired) electrons. The van der Waals surface area contributed by atoms with E-state index in [2.05, 4.69) is 35.4 Å². The number of nitrogens with one attached hydrogen (secondary N) is 1. The van der Waals surface area contributed by atoms with Crippen LogP contribution in [0.5, 0.6) is 0 Å². The molecule has 74 valence electrons. The summed E-state index contributed by atoms with van der Waals surface area (Å²) >= 11 is 0. The molecule has 1 heterocycles. The Kier molecular flexibility index (Phi) is 4.48. The average Bonchev–Trinajstić information content (AvgIpc) is 2.25. The van der Waals surface area contributed by atoms with Crippen molar-refractivity contribution >= 4 is 5.57 Å². The third kappa shape index (κ3) is 3.05. The zero-order valence-electron chi connectivity index (χ0n) is 8.70. The van der Waals surface area contributed by atoms with Gasteiger partial charge >= 0.3 is 0 Å². The highest BCUT2D eigenvalue weighted by molar-refractivity contribution is 5.73. The topological polar surface area (TPSA) is 24.9 Å². The highest BCUT2D eigenvalue weighted by atomic mass is 14.8. The zero-order chi connectivity index (χ0) is 10.2. The van der Waals surface area contributed by atoms with E-state index >= 15 is 0 Å². The summed E-state index contributed by atoms with van der Waals surface area (Å²) in [6, 6.07) is 4.01. The molecule has 14 heavy (non-hydrogen) atoms. The van der Waals surface area contributed by atoms with Crippen LogP contribution in [-0.2, 0) is 0 Å². The van der Waals surface area contributed by atoms with Gasteiger partial charge in [0, 0.05) is 19.4 Å². The van der Waals surface area contributed by atoms with E-state index < -0.39 is 0 Å². The average molecular weight is 188 g/mol. The van der Waals surface area contributed by atoms with E-state index in [4.69, 9.17) is 0 Å². The molecule has 1 N–H and O–H groups in total. The van der Waals surface area contributed by atoms with E-state index in [1.54, 1.807) is 6.20 Å². The van der Waals surface area contributed by atoms with Crippen molar-refractivity contribution in [2.24, 2.45) is 0 Å². The first-order valence-electron chi connectivity index (χ1n) is 4.83. The smallest absolute Gasteiger partial charge is 0.0346 e. The largest absolute Gasteiger partial charge is 0.394 e. The summed E-state index contributed by atoms with van der Waals surface area (Å²) in [5.74, 6) is 0. The number of aromatic nitrogens is 1. The molecule has 0 aliphatic rings. The van der Waals surface area contributed by atoms with Gasteiger partial charge in [-0.3, -0.25) is 4.98 Å². The maximum Gasteiger partial charge on any atom is 0.0346 e. The van der Waals surface area contributed by atoms with E-state index in [1.165, 1.54) is 5.57 Å². The van der Waals surface area contributed by atoms with Gasteiger partial charge in [0.15, 0.2) is 0 Å². The lowest BCUT2D eigenvalue weighted by molar-refractivity contribution is 1.10. The molecule has 0 aromatic carbocycles. The molecule has 2 heteroatoms. The molecule has 0 aliphatic heterocycles. The summed E-state index contributed by atoms with van der Waals surface area (Å²) in [7, 11) is 1.89. The lowest BCUT2D eigenvalue weighted by Gasteiger charge is -2.01. The summed E-state index contributed by atoms with van der Waals surface area (Å²) in [4.78, 5) is 4.10. The standard InChI is InChI=1S/C12H16N2/c1-3-5-11(7-9-13-2)12-6-4-8-14-10-12/h4-10,13H,3H2,1-2H3/b9-7-,11-5+. The lowest BCUT2D eigenvalue weighted by Crippen LogP contribution is -1.92. The third-order valence-electron chi connectivity index (χ3n) is 1.85. The van der Waals surface area contributed by atoms with Crippen LogP contribution in [0.1, 0.15) is 18.9 Å². The first kappa shape index (κ1) is 10.5. The molecule has 0 saturated heterocycles. The van der Waals surface area contributed by atoms with Crippen molar-refractivity contribution in [3.63, 3.8) is 0 Å². The van der Waals surface area contributed by atoms with Crippen molar-refractivity contribution < 1.29 is 0 Å². The van der Waals surface area contributed by atoms with Crippen molar-refractivity contribution in [2.75, 3.05) is 7.05 Å². The van der Waals surface area contributed by atoms with Gasteiger partial charge in [-0.05, 0) is 35.9 Å². The minimum Gasteiger partial charge on any atom is -0.394 e. The van der Waals surface area contributed by atoms with E-state index in [0.29, 0.717) is 0 Å². The molecule has 0 atom stereocenters. The minimum absolute atomic E-state index is 1.03. The monoisotopic (exact) mass is 188 g/mol. The molecule has 0 unspecified atom stereocenters. The van der Waals surface area contributed by atoms with Crippen molar-refractivity contribution in [1.29, 1.82) is 0 Å². The van der Waals surface area contributed by atoms with Crippen LogP contribution in [0.3, 0.4) is 0 Å². The normalized spacial score (nSPS) is 12.0. The fourth-order valence-corrected chi connectivity index (χ4v) is 1.21. The Labute approximate surface area is 85.4 Å². The van der Waals surface area contributed by atoms with Crippen molar-refractivity contribution in [3.05, 3.63) is 48.4 Å². The third-order valence-corrected chi connectivity index (χ3v) is 1.85. The molecule has 0 saturated carbocycles. The number of rotatable bonds is 4. The summed E-state index contributed by atoms with van der Waals surface area (Å²) < 4.78 is 0. The van der Waals surface area contributed by atoms with Crippen LogP contribution in [0.15, 0.2) is 42.9 Å². The fraction of sp³-hybridized carbons (Fsp3) is 0.250. The van der Waals surface area contributed by atoms with Crippen molar-refractivity contribution in [1.82, 2.24) is 10.3 Å². The van der Waals surface area contributed by atoms with Gasteiger partial charge < -0.3 is 5.32 Å². The Hall–Kier alpha value is -1.57. The van der Waals surface area contributed by atoms with Gasteiger partial charge in [-0.2, -0.15) is 0 Å². The second kappa shape index (κ2) is 5.97. The summed E-state index contributed by atoms with van der Waals surface area (Å²) in [6.07, 6.45) is 10.9. The van der Waals surface area contributed by atoms with Gasteiger partial charge in [-0.25, -0.2) is 0 Å². The van der Waals surface area contributed by atoms with E-state index in [0.717, 1.165) is 12.0 Å². The first-order chi connectivity index (χ1) is 6.88. The zero-order valence-corrected chi connectivity index (χ0v) is 8.70. The molecule has 0 spiro atoms. The summed E-state index contributed by atoms with van der Waals surface area (Å²) in [5, 5.41) is 2.98. The fourth-order valence-electron chi connectivity index (χ4n) is 1.21. The predicted molar refractivity (Wildman–Crippen MR) is 60.7 cm³/mol. The Morgan fingerprint density at radius 2 is 2.43 bits per heavy atom. The molecule has 0 aliphatic carbocycles. The van der Waals surface area contributed by atoms with Gasteiger partial charge in [0.1, 0.15) is 0 Å². The van der Waals surface area contributed by atoms with Crippen molar-refractivity contribution in [2.45, 2.75) is 13.3 Å². The molecular weight excluding hydrogens is 172 g/mol. The number of hydrogen-bond donors (Lipinski definition) is 1. The second-order valence-electron chi connectivity index (χ2n) is 2.93. The number of allylic oxidation sites excluding steroid dienone is 3. The van der Waals surface area contributed by atoms with Crippen LogP contribution in [0, 0.1) is 0 Å². The molecule has 2 nitrogen and oxygen atoms in total. The van der Waals surface area contributed by atoms with Gasteiger partial charge in [-0.1, -0.05) is 19.1 Å². The molecule has 0 amide bonds. The lowest BCUT2D eigenvalue weighted by atomic mass is 10.1. The Morgan fingerprint density at radius 3 is 3.00 bits per heavy atom. The quantitative estimate of drug-likeness (QED) is 0.735. The van der Waals surface area contributed by atoms with Gasteiger partial charge in [0.25, 0.3) is 0 Å². The molecular formula is C12H16N2. The van der Waals surface area contributed by atoms with Gasteiger partial charge in [0.05, 0.1) is 0 Å². The highest BCUT2D eigenvalue weighted by Crippen LogP contribution is 2.14. The number of nitrogens with zero attached hydrogens (tertiary/aromatic N) is 1. The van der Waals surface area contributed by atoms with E-state index in [-0.39, 0.29) is 0 Å². The van der Waals surface area contributed by atoms with Crippen LogP contribution in [0.4, 0.5) is 0 Å². The SMILES string of the molecule is CC/C=C(\C=C/NC)c1cccnc1. The van der Waals surface area contributed by atoms with Crippen LogP contribution < -0.4 is 5.32 Å². The maximum atomic E-state index is 4.10. The van der Waals surface area contributed by atoms with Gasteiger partial charge in [0.2, 0.25) is 0 Å². The molecule has 1 aromatic rings. The number of pyridine rings is 1. The molecule has 0 fully saturated rings. The Balaban J connectivity index is 2.90. The summed E-state index contributed by atoms with van der Waals surface area (Å²) in [6.45, 7) is 2.13. The van der Waals surface area contributed by atoms with E-state index in [9.17, 15) is 0 Å². The van der Waals surface area contributed by atoms with E-state index in [1.807, 2.05) is 25.5 Å². The second-order valence-corrected chi connectivity index (χ2v) is 2.93. The van der Waals surface area contributed by atoms with Crippen LogP contribution in [0.2, 0.25) is 0 Å². The maximum absolute atomic E-state index is 4.10. The predicted octanol–water partition coefficient (Wildman–Crippen LogP) is 2.61. The minimum atomic E-state index is 1.03.